The predicted molar refractivity (Wildman–Crippen MR) is 94.6 cm³/mol. The van der Waals surface area contributed by atoms with E-state index in [4.69, 9.17) is 5.73 Å². The van der Waals surface area contributed by atoms with Crippen LogP contribution in [0.25, 0.3) is 0 Å². The molecule has 0 unspecified atom stereocenters. The number of nitrogens with two attached hydrogens (primary N) is 1. The molecule has 2 aromatic rings. The number of benzene rings is 1. The molecule has 1 amide bonds. The van der Waals surface area contributed by atoms with Crippen LogP contribution >= 0.6 is 12.4 Å². The summed E-state index contributed by atoms with van der Waals surface area (Å²) in [6.45, 7) is 2.78. The maximum atomic E-state index is 12.7. The van der Waals surface area contributed by atoms with E-state index in [0.717, 1.165) is 24.8 Å². The van der Waals surface area contributed by atoms with E-state index in [-0.39, 0.29) is 18.3 Å². The number of hydrogen-bond acceptors (Lipinski definition) is 3. The number of nitrogen functional groups attached to an aromatic ring is 1. The highest BCUT2D eigenvalue weighted by Gasteiger charge is 2.33. The Hall–Kier alpha value is -2.07. The monoisotopic (exact) mass is 331 g/mol. The van der Waals surface area contributed by atoms with Crippen molar-refractivity contribution in [1.29, 1.82) is 0 Å². The molecule has 5 heteroatoms. The molecular weight excluding hydrogens is 310 g/mol. The summed E-state index contributed by atoms with van der Waals surface area (Å²) < 4.78 is 0. The maximum absolute atomic E-state index is 12.7. The molecular formula is C18H22ClN3O. The van der Waals surface area contributed by atoms with Gasteiger partial charge in [-0.25, -0.2) is 4.98 Å². The van der Waals surface area contributed by atoms with E-state index >= 15 is 0 Å². The number of carbonyl (C=O) groups excluding carboxylic acids is 1. The average molecular weight is 332 g/mol. The van der Waals surface area contributed by atoms with Crippen LogP contribution in [0.15, 0.2) is 42.6 Å². The zero-order valence-corrected chi connectivity index (χ0v) is 14.1. The van der Waals surface area contributed by atoms with Gasteiger partial charge in [0.2, 0.25) is 0 Å². The predicted octanol–water partition coefficient (Wildman–Crippen LogP) is 3.45. The Kier molecular flexibility index (Phi) is 5.61. The SMILES string of the molecule is CCc1ccc(CN(C(=O)c2ccc(N)cn2)C2CC2)cc1.Cl. The van der Waals surface area contributed by atoms with Crippen LogP contribution < -0.4 is 5.73 Å². The Morgan fingerprint density at radius 2 is 1.83 bits per heavy atom. The van der Waals surface area contributed by atoms with Crippen molar-refractivity contribution in [2.24, 2.45) is 0 Å². The van der Waals surface area contributed by atoms with Gasteiger partial charge in [-0.3, -0.25) is 4.79 Å². The second kappa shape index (κ2) is 7.47. The summed E-state index contributed by atoms with van der Waals surface area (Å²) in [6.07, 6.45) is 4.72. The van der Waals surface area contributed by atoms with E-state index < -0.39 is 0 Å². The van der Waals surface area contributed by atoms with Crippen molar-refractivity contribution in [2.45, 2.75) is 38.8 Å². The van der Waals surface area contributed by atoms with Gasteiger partial charge in [0, 0.05) is 12.6 Å². The number of anilines is 1. The van der Waals surface area contributed by atoms with E-state index in [2.05, 4.69) is 36.2 Å². The smallest absolute Gasteiger partial charge is 0.272 e. The summed E-state index contributed by atoms with van der Waals surface area (Å²) in [6, 6.07) is 12.3. The Morgan fingerprint density at radius 3 is 2.35 bits per heavy atom. The fourth-order valence-corrected chi connectivity index (χ4v) is 2.51. The first-order chi connectivity index (χ1) is 10.7. The molecule has 1 fully saturated rings. The fourth-order valence-electron chi connectivity index (χ4n) is 2.51. The van der Waals surface area contributed by atoms with Gasteiger partial charge in [-0.2, -0.15) is 0 Å². The van der Waals surface area contributed by atoms with Gasteiger partial charge in [-0.15, -0.1) is 12.4 Å². The van der Waals surface area contributed by atoms with Crippen LogP contribution in [0.5, 0.6) is 0 Å². The lowest BCUT2D eigenvalue weighted by Gasteiger charge is -2.22. The number of hydrogen-bond donors (Lipinski definition) is 1. The maximum Gasteiger partial charge on any atom is 0.272 e. The first kappa shape index (κ1) is 17.3. The molecule has 1 aromatic heterocycles. The van der Waals surface area contributed by atoms with E-state index in [1.54, 1.807) is 12.1 Å². The average Bonchev–Trinajstić information content (AvgIpc) is 3.38. The van der Waals surface area contributed by atoms with Crippen LogP contribution in [0.2, 0.25) is 0 Å². The van der Waals surface area contributed by atoms with Crippen LogP contribution in [0.1, 0.15) is 41.4 Å². The quantitative estimate of drug-likeness (QED) is 0.912. The molecule has 0 radical (unpaired) electrons. The largest absolute Gasteiger partial charge is 0.397 e. The third-order valence-corrected chi connectivity index (χ3v) is 4.04. The molecule has 3 rings (SSSR count). The van der Waals surface area contributed by atoms with Gasteiger partial charge >= 0.3 is 0 Å². The van der Waals surface area contributed by atoms with E-state index in [1.807, 2.05) is 4.90 Å². The Balaban J connectivity index is 0.00000192. The van der Waals surface area contributed by atoms with E-state index in [1.165, 1.54) is 11.8 Å². The minimum absolute atomic E-state index is 0. The van der Waals surface area contributed by atoms with Gasteiger partial charge in [0.05, 0.1) is 11.9 Å². The topological polar surface area (TPSA) is 59.2 Å². The highest BCUT2D eigenvalue weighted by Crippen LogP contribution is 2.29. The second-order valence-corrected chi connectivity index (χ2v) is 5.81. The minimum Gasteiger partial charge on any atom is -0.397 e. The minimum atomic E-state index is -0.0120. The van der Waals surface area contributed by atoms with Crippen molar-refractivity contribution in [1.82, 2.24) is 9.88 Å². The Labute approximate surface area is 143 Å². The molecule has 1 aliphatic rings. The van der Waals surface area contributed by atoms with Gasteiger partial charge < -0.3 is 10.6 Å². The Morgan fingerprint density at radius 1 is 1.17 bits per heavy atom. The number of amides is 1. The first-order valence-electron chi connectivity index (χ1n) is 7.77. The summed E-state index contributed by atoms with van der Waals surface area (Å²) in [5.41, 5.74) is 9.15. The first-order valence-corrected chi connectivity index (χ1v) is 7.77. The fraction of sp³-hybridized carbons (Fsp3) is 0.333. The van der Waals surface area contributed by atoms with Crippen LogP contribution in [-0.2, 0) is 13.0 Å². The summed E-state index contributed by atoms with van der Waals surface area (Å²) in [5.74, 6) is -0.0120. The molecule has 0 aliphatic heterocycles. The van der Waals surface area contributed by atoms with Crippen molar-refractivity contribution in [3.8, 4) is 0 Å². The molecule has 23 heavy (non-hydrogen) atoms. The van der Waals surface area contributed by atoms with E-state index in [9.17, 15) is 4.79 Å². The lowest BCUT2D eigenvalue weighted by Crippen LogP contribution is -2.33. The number of halogens is 1. The molecule has 1 aromatic carbocycles. The molecule has 0 spiro atoms. The zero-order valence-electron chi connectivity index (χ0n) is 13.2. The zero-order chi connectivity index (χ0) is 15.5. The molecule has 0 atom stereocenters. The standard InChI is InChI=1S/C18H21N3O.ClH/c1-2-13-3-5-14(6-4-13)12-21(16-8-9-16)18(22)17-10-7-15(19)11-20-17;/h3-7,10-11,16H,2,8-9,12,19H2,1H3;1H. The van der Waals surface area contributed by atoms with Gasteiger partial charge in [-0.05, 0) is 42.5 Å². The number of pyridine rings is 1. The highest BCUT2D eigenvalue weighted by molar-refractivity contribution is 5.92. The lowest BCUT2D eigenvalue weighted by molar-refractivity contribution is 0.0724. The number of nitrogens with zero attached hydrogens (tertiary/aromatic N) is 2. The van der Waals surface area contributed by atoms with Gasteiger partial charge in [-0.1, -0.05) is 31.2 Å². The number of rotatable bonds is 5. The lowest BCUT2D eigenvalue weighted by atomic mass is 10.1. The van der Waals surface area contributed by atoms with Crippen LogP contribution in [0.3, 0.4) is 0 Å². The van der Waals surface area contributed by atoms with Crippen molar-refractivity contribution in [3.05, 3.63) is 59.4 Å². The van der Waals surface area contributed by atoms with Gasteiger partial charge in [0.25, 0.3) is 5.91 Å². The molecule has 1 heterocycles. The summed E-state index contributed by atoms with van der Waals surface area (Å²) in [4.78, 5) is 18.8. The van der Waals surface area contributed by atoms with Crippen LogP contribution in [0.4, 0.5) is 5.69 Å². The van der Waals surface area contributed by atoms with Crippen molar-refractivity contribution >= 4 is 24.0 Å². The van der Waals surface area contributed by atoms with Crippen LogP contribution in [-0.4, -0.2) is 21.8 Å². The molecule has 1 saturated carbocycles. The highest BCUT2D eigenvalue weighted by atomic mass is 35.5. The molecule has 1 aliphatic carbocycles. The second-order valence-electron chi connectivity index (χ2n) is 5.81. The van der Waals surface area contributed by atoms with Gasteiger partial charge in [0.1, 0.15) is 5.69 Å². The summed E-state index contributed by atoms with van der Waals surface area (Å²) in [5, 5.41) is 0. The van der Waals surface area contributed by atoms with Crippen LogP contribution in [0, 0.1) is 0 Å². The summed E-state index contributed by atoms with van der Waals surface area (Å²) in [7, 11) is 0. The Bertz CT molecular complexity index is 651. The number of carbonyl (C=O) groups is 1. The third kappa shape index (κ3) is 4.23. The number of aryl methyl sites for hydroxylation is 1. The van der Waals surface area contributed by atoms with Crippen molar-refractivity contribution in [2.75, 3.05) is 5.73 Å². The molecule has 0 saturated heterocycles. The molecule has 2 N–H and O–H groups in total. The molecule has 122 valence electrons. The third-order valence-electron chi connectivity index (χ3n) is 4.04. The van der Waals surface area contributed by atoms with Crippen molar-refractivity contribution < 1.29 is 4.79 Å². The summed E-state index contributed by atoms with van der Waals surface area (Å²) >= 11 is 0. The van der Waals surface area contributed by atoms with E-state index in [0.29, 0.717) is 24.0 Å². The molecule has 4 nitrogen and oxygen atoms in total. The normalized spacial score (nSPS) is 13.3. The van der Waals surface area contributed by atoms with Gasteiger partial charge in [0.15, 0.2) is 0 Å². The van der Waals surface area contributed by atoms with Crippen molar-refractivity contribution in [3.63, 3.8) is 0 Å². The molecule has 0 bridgehead atoms. The number of aromatic nitrogens is 1.